The van der Waals surface area contributed by atoms with E-state index in [-0.39, 0.29) is 10.5 Å². The van der Waals surface area contributed by atoms with Gasteiger partial charge in [0, 0.05) is 6.20 Å². The Balaban J connectivity index is 1.89. The molecule has 2 heterocycles. The number of sulfonamides is 1. The highest BCUT2D eigenvalue weighted by molar-refractivity contribution is 7.92. The van der Waals surface area contributed by atoms with Crippen molar-refractivity contribution in [1.29, 1.82) is 0 Å². The number of hydrogen-bond donors (Lipinski definition) is 1. The van der Waals surface area contributed by atoms with E-state index in [1.807, 2.05) is 13.8 Å². The average molecular weight is 318 g/mol. The number of rotatable bonds is 3. The Labute approximate surface area is 130 Å². The second kappa shape index (κ2) is 5.28. The molecule has 3 rings (SSSR count). The molecule has 2 aromatic rings. The van der Waals surface area contributed by atoms with Crippen LogP contribution in [0.3, 0.4) is 0 Å². The van der Waals surface area contributed by atoms with E-state index in [1.165, 1.54) is 6.20 Å². The summed E-state index contributed by atoms with van der Waals surface area (Å²) in [6.45, 7) is 4.06. The van der Waals surface area contributed by atoms with E-state index in [4.69, 9.17) is 4.74 Å². The van der Waals surface area contributed by atoms with Crippen LogP contribution in [0.1, 0.15) is 25.8 Å². The molecular formula is C16H18N2O3S. The number of fused-ring (bicyclic) bond motifs is 1. The molecular weight excluding hydrogens is 300 g/mol. The fraction of sp³-hybridized carbons (Fsp3) is 0.312. The number of ether oxygens (including phenoxy) is 1. The molecule has 1 aliphatic heterocycles. The minimum Gasteiger partial charge on any atom is -0.488 e. The van der Waals surface area contributed by atoms with Gasteiger partial charge in [0.15, 0.2) is 0 Å². The van der Waals surface area contributed by atoms with Gasteiger partial charge in [-0.15, -0.1) is 0 Å². The monoisotopic (exact) mass is 318 g/mol. The Bertz CT molecular complexity index is 786. The Morgan fingerprint density at radius 1 is 1.27 bits per heavy atom. The number of aromatic nitrogens is 1. The third-order valence-electron chi connectivity index (χ3n) is 3.64. The van der Waals surface area contributed by atoms with Crippen molar-refractivity contribution in [2.45, 2.75) is 37.2 Å². The van der Waals surface area contributed by atoms with Gasteiger partial charge in [-0.25, -0.2) is 8.42 Å². The van der Waals surface area contributed by atoms with Gasteiger partial charge in [-0.05, 0) is 62.6 Å². The maximum absolute atomic E-state index is 12.4. The zero-order valence-corrected chi connectivity index (χ0v) is 13.4. The molecule has 0 unspecified atom stereocenters. The van der Waals surface area contributed by atoms with Crippen molar-refractivity contribution in [3.63, 3.8) is 0 Å². The first-order valence-electron chi connectivity index (χ1n) is 7.11. The number of benzene rings is 1. The number of anilines is 1. The smallest absolute Gasteiger partial charge is 0.261 e. The average Bonchev–Trinajstić information content (AvgIpc) is 2.46. The molecule has 6 heteroatoms. The second-order valence-corrected chi connectivity index (χ2v) is 7.66. The predicted octanol–water partition coefficient (Wildman–Crippen LogP) is 2.99. The van der Waals surface area contributed by atoms with E-state index in [9.17, 15) is 8.42 Å². The Morgan fingerprint density at radius 2 is 2.09 bits per heavy atom. The lowest BCUT2D eigenvalue weighted by molar-refractivity contribution is 0.0845. The molecule has 0 fully saturated rings. The summed E-state index contributed by atoms with van der Waals surface area (Å²) in [7, 11) is -3.62. The van der Waals surface area contributed by atoms with Gasteiger partial charge in [-0.1, -0.05) is 0 Å². The number of hydrogen-bond acceptors (Lipinski definition) is 4. The molecule has 0 atom stereocenters. The third kappa shape index (κ3) is 3.06. The van der Waals surface area contributed by atoms with Gasteiger partial charge in [-0.3, -0.25) is 9.71 Å². The van der Waals surface area contributed by atoms with Crippen LogP contribution in [0.4, 0.5) is 5.69 Å². The highest BCUT2D eigenvalue weighted by atomic mass is 32.2. The van der Waals surface area contributed by atoms with Gasteiger partial charge in [0.05, 0.1) is 16.8 Å². The van der Waals surface area contributed by atoms with Crippen molar-refractivity contribution in [1.82, 2.24) is 4.98 Å². The van der Waals surface area contributed by atoms with Crippen LogP contribution in [0.25, 0.3) is 0 Å². The summed E-state index contributed by atoms with van der Waals surface area (Å²) in [5.41, 5.74) is 1.16. The number of nitrogens with zero attached hydrogens (tertiary/aromatic N) is 1. The van der Waals surface area contributed by atoms with E-state index in [2.05, 4.69) is 9.71 Å². The molecule has 0 spiro atoms. The number of pyridine rings is 1. The summed E-state index contributed by atoms with van der Waals surface area (Å²) in [6, 6.07) is 8.32. The van der Waals surface area contributed by atoms with E-state index < -0.39 is 10.0 Å². The first kappa shape index (κ1) is 14.8. The Hall–Kier alpha value is -2.08. The van der Waals surface area contributed by atoms with Crippen LogP contribution in [0.5, 0.6) is 5.75 Å². The third-order valence-corrected chi connectivity index (χ3v) is 5.02. The first-order valence-corrected chi connectivity index (χ1v) is 8.59. The van der Waals surface area contributed by atoms with Crippen LogP contribution in [0.2, 0.25) is 0 Å². The molecule has 0 amide bonds. The fourth-order valence-corrected chi connectivity index (χ4v) is 3.53. The SMILES string of the molecule is CC1(C)CCc2cc(S(=O)(=O)Nc3cccnc3)ccc2O1. The van der Waals surface area contributed by atoms with Crippen LogP contribution < -0.4 is 9.46 Å². The molecule has 1 N–H and O–H groups in total. The Morgan fingerprint density at radius 3 is 2.82 bits per heavy atom. The largest absolute Gasteiger partial charge is 0.488 e. The van der Waals surface area contributed by atoms with E-state index in [0.717, 1.165) is 24.2 Å². The van der Waals surface area contributed by atoms with Crippen molar-refractivity contribution in [2.24, 2.45) is 0 Å². The Kier molecular flexibility index (Phi) is 3.56. The van der Waals surface area contributed by atoms with E-state index >= 15 is 0 Å². The zero-order valence-electron chi connectivity index (χ0n) is 12.5. The van der Waals surface area contributed by atoms with Crippen molar-refractivity contribution < 1.29 is 13.2 Å². The van der Waals surface area contributed by atoms with Gasteiger partial charge in [-0.2, -0.15) is 0 Å². The molecule has 0 aliphatic carbocycles. The lowest BCUT2D eigenvalue weighted by Crippen LogP contribution is -2.32. The van der Waals surface area contributed by atoms with Crippen molar-refractivity contribution in [3.05, 3.63) is 48.3 Å². The molecule has 0 saturated heterocycles. The van der Waals surface area contributed by atoms with Crippen LogP contribution in [0.15, 0.2) is 47.6 Å². The molecule has 1 aromatic heterocycles. The van der Waals surface area contributed by atoms with Gasteiger partial charge < -0.3 is 4.74 Å². The number of aryl methyl sites for hydroxylation is 1. The molecule has 0 bridgehead atoms. The topological polar surface area (TPSA) is 68.3 Å². The van der Waals surface area contributed by atoms with Crippen molar-refractivity contribution >= 4 is 15.7 Å². The molecule has 5 nitrogen and oxygen atoms in total. The van der Waals surface area contributed by atoms with Crippen LogP contribution >= 0.6 is 0 Å². The van der Waals surface area contributed by atoms with Crippen molar-refractivity contribution in [3.8, 4) is 5.75 Å². The van der Waals surface area contributed by atoms with Gasteiger partial charge in [0.1, 0.15) is 11.4 Å². The standard InChI is InChI=1S/C16H18N2O3S/c1-16(2)8-7-12-10-14(5-6-15(12)21-16)22(19,20)18-13-4-3-9-17-11-13/h3-6,9-11,18H,7-8H2,1-2H3. The highest BCUT2D eigenvalue weighted by Gasteiger charge is 2.27. The van der Waals surface area contributed by atoms with Gasteiger partial charge in [0.2, 0.25) is 0 Å². The maximum Gasteiger partial charge on any atom is 0.261 e. The van der Waals surface area contributed by atoms with Gasteiger partial charge in [0.25, 0.3) is 10.0 Å². The summed E-state index contributed by atoms with van der Waals surface area (Å²) < 4.78 is 33.3. The quantitative estimate of drug-likeness (QED) is 0.944. The number of nitrogens with one attached hydrogen (secondary N) is 1. The molecule has 116 valence electrons. The zero-order chi connectivity index (χ0) is 15.8. The van der Waals surface area contributed by atoms with E-state index in [1.54, 1.807) is 36.5 Å². The predicted molar refractivity (Wildman–Crippen MR) is 84.5 cm³/mol. The fourth-order valence-electron chi connectivity index (χ4n) is 2.44. The van der Waals surface area contributed by atoms with Crippen LogP contribution in [-0.2, 0) is 16.4 Å². The molecule has 1 aliphatic rings. The maximum atomic E-state index is 12.4. The second-order valence-electron chi connectivity index (χ2n) is 5.98. The van der Waals surface area contributed by atoms with Crippen molar-refractivity contribution in [2.75, 3.05) is 4.72 Å². The van der Waals surface area contributed by atoms with Crippen LogP contribution in [-0.4, -0.2) is 19.0 Å². The minimum atomic E-state index is -3.62. The minimum absolute atomic E-state index is 0.207. The highest BCUT2D eigenvalue weighted by Crippen LogP contribution is 2.34. The molecule has 0 radical (unpaired) electrons. The molecule has 0 saturated carbocycles. The summed E-state index contributed by atoms with van der Waals surface area (Å²) in [6.07, 6.45) is 4.73. The van der Waals surface area contributed by atoms with Gasteiger partial charge >= 0.3 is 0 Å². The van der Waals surface area contributed by atoms with Crippen LogP contribution in [0, 0.1) is 0 Å². The van der Waals surface area contributed by atoms with E-state index in [0.29, 0.717) is 5.69 Å². The normalized spacial score (nSPS) is 16.5. The summed E-state index contributed by atoms with van der Waals surface area (Å²) >= 11 is 0. The lowest BCUT2D eigenvalue weighted by Gasteiger charge is -2.32. The molecule has 1 aromatic carbocycles. The molecule has 22 heavy (non-hydrogen) atoms. The first-order chi connectivity index (χ1) is 10.4. The summed E-state index contributed by atoms with van der Waals surface area (Å²) in [5, 5.41) is 0. The summed E-state index contributed by atoms with van der Waals surface area (Å²) in [5.74, 6) is 0.761. The lowest BCUT2D eigenvalue weighted by atomic mass is 9.94. The summed E-state index contributed by atoms with van der Waals surface area (Å²) in [4.78, 5) is 4.14.